The van der Waals surface area contributed by atoms with E-state index in [0.717, 1.165) is 5.56 Å². The molecule has 0 radical (unpaired) electrons. The minimum Gasteiger partial charge on any atom is -0.465 e. The number of halogens is 1. The zero-order valence-electron chi connectivity index (χ0n) is 15.0. The van der Waals surface area contributed by atoms with Gasteiger partial charge in [0.2, 0.25) is 11.8 Å². The number of esters is 1. The van der Waals surface area contributed by atoms with Crippen molar-refractivity contribution in [2.24, 2.45) is 5.92 Å². The number of nitrogens with one attached hydrogen (secondary N) is 1. The second-order valence-electron chi connectivity index (χ2n) is 6.40. The Bertz CT molecular complexity index is 895. The summed E-state index contributed by atoms with van der Waals surface area (Å²) in [6.07, 6.45) is 0.129. The fraction of sp³-hybridized carbons (Fsp3) is 0.250. The van der Waals surface area contributed by atoms with Crippen molar-refractivity contribution >= 4 is 40.8 Å². The van der Waals surface area contributed by atoms with Gasteiger partial charge < -0.3 is 15.0 Å². The van der Waals surface area contributed by atoms with Crippen LogP contribution in [0.25, 0.3) is 0 Å². The van der Waals surface area contributed by atoms with Crippen LogP contribution in [0, 0.1) is 12.8 Å². The van der Waals surface area contributed by atoms with Crippen LogP contribution in [0.5, 0.6) is 0 Å². The average Bonchev–Trinajstić information content (AvgIpc) is 3.06. The Balaban J connectivity index is 1.68. The molecule has 1 saturated heterocycles. The number of carbonyl (C=O) groups excluding carboxylic acids is 3. The lowest BCUT2D eigenvalue weighted by Gasteiger charge is -2.17. The van der Waals surface area contributed by atoms with E-state index in [2.05, 4.69) is 10.1 Å². The van der Waals surface area contributed by atoms with Crippen LogP contribution in [0.4, 0.5) is 11.4 Å². The van der Waals surface area contributed by atoms with E-state index in [9.17, 15) is 14.4 Å². The van der Waals surface area contributed by atoms with Gasteiger partial charge in [-0.25, -0.2) is 4.79 Å². The lowest BCUT2D eigenvalue weighted by molar-refractivity contribution is -0.122. The summed E-state index contributed by atoms with van der Waals surface area (Å²) in [5.41, 5.74) is 2.57. The van der Waals surface area contributed by atoms with Gasteiger partial charge in [0.1, 0.15) is 0 Å². The van der Waals surface area contributed by atoms with Gasteiger partial charge in [0.05, 0.1) is 18.6 Å². The van der Waals surface area contributed by atoms with Crippen LogP contribution in [0.15, 0.2) is 42.5 Å². The first kappa shape index (κ1) is 18.9. The van der Waals surface area contributed by atoms with Gasteiger partial charge in [-0.15, -0.1) is 0 Å². The fourth-order valence-corrected chi connectivity index (χ4v) is 3.12. The number of benzene rings is 2. The summed E-state index contributed by atoms with van der Waals surface area (Å²) in [7, 11) is 1.31. The standard InChI is InChI=1S/C20H19ClN2O4/c1-12-3-6-15(10-17(12)21)22-19(25)14-9-18(24)23(11-14)16-7-4-13(5-8-16)20(26)27-2/h3-8,10,14H,9,11H2,1-2H3,(H,22,25). The topological polar surface area (TPSA) is 75.7 Å². The predicted molar refractivity (Wildman–Crippen MR) is 103 cm³/mol. The van der Waals surface area contributed by atoms with Crippen molar-refractivity contribution < 1.29 is 19.1 Å². The number of amides is 2. The van der Waals surface area contributed by atoms with Crippen LogP contribution in [0.2, 0.25) is 5.02 Å². The Hall–Kier alpha value is -2.86. The Morgan fingerprint density at radius 3 is 2.52 bits per heavy atom. The van der Waals surface area contributed by atoms with E-state index in [-0.39, 0.29) is 24.8 Å². The number of methoxy groups -OCH3 is 1. The number of anilines is 2. The zero-order chi connectivity index (χ0) is 19.6. The number of nitrogens with zero attached hydrogens (tertiary/aromatic N) is 1. The highest BCUT2D eigenvalue weighted by Crippen LogP contribution is 2.27. The van der Waals surface area contributed by atoms with Gasteiger partial charge in [0, 0.05) is 29.4 Å². The second kappa shape index (κ2) is 7.80. The van der Waals surface area contributed by atoms with Crippen molar-refractivity contribution in [1.82, 2.24) is 0 Å². The smallest absolute Gasteiger partial charge is 0.337 e. The molecule has 1 fully saturated rings. The van der Waals surface area contributed by atoms with Crippen LogP contribution in [-0.4, -0.2) is 31.4 Å². The minimum absolute atomic E-state index is 0.129. The van der Waals surface area contributed by atoms with E-state index >= 15 is 0 Å². The molecule has 2 aromatic rings. The number of hydrogen-bond acceptors (Lipinski definition) is 4. The van der Waals surface area contributed by atoms with Crippen LogP contribution < -0.4 is 10.2 Å². The average molecular weight is 387 g/mol. The maximum atomic E-state index is 12.5. The molecule has 2 aromatic carbocycles. The maximum Gasteiger partial charge on any atom is 0.337 e. The van der Waals surface area contributed by atoms with Gasteiger partial charge in [0.15, 0.2) is 0 Å². The highest BCUT2D eigenvalue weighted by atomic mass is 35.5. The predicted octanol–water partition coefficient (Wildman–Crippen LogP) is 3.43. The van der Waals surface area contributed by atoms with Crippen molar-refractivity contribution in [3.05, 3.63) is 58.6 Å². The highest BCUT2D eigenvalue weighted by molar-refractivity contribution is 6.31. The van der Waals surface area contributed by atoms with E-state index in [1.807, 2.05) is 13.0 Å². The van der Waals surface area contributed by atoms with Crippen LogP contribution in [-0.2, 0) is 14.3 Å². The molecule has 1 N–H and O–H groups in total. The Morgan fingerprint density at radius 2 is 1.89 bits per heavy atom. The summed E-state index contributed by atoms with van der Waals surface area (Å²) in [5.74, 6) is -1.26. The van der Waals surface area contributed by atoms with Gasteiger partial charge in [-0.2, -0.15) is 0 Å². The van der Waals surface area contributed by atoms with E-state index in [1.54, 1.807) is 41.3 Å². The monoisotopic (exact) mass is 386 g/mol. The molecule has 0 aliphatic carbocycles. The molecular formula is C20H19ClN2O4. The first-order valence-corrected chi connectivity index (χ1v) is 8.82. The summed E-state index contributed by atoms with van der Waals surface area (Å²) < 4.78 is 4.66. The van der Waals surface area contributed by atoms with Gasteiger partial charge in [-0.05, 0) is 48.9 Å². The lowest BCUT2D eigenvalue weighted by Crippen LogP contribution is -2.28. The molecule has 0 bridgehead atoms. The van der Waals surface area contributed by atoms with E-state index in [4.69, 9.17) is 11.6 Å². The van der Waals surface area contributed by atoms with E-state index < -0.39 is 11.9 Å². The van der Waals surface area contributed by atoms with Gasteiger partial charge >= 0.3 is 5.97 Å². The van der Waals surface area contributed by atoms with Gasteiger partial charge in [-0.3, -0.25) is 9.59 Å². The second-order valence-corrected chi connectivity index (χ2v) is 6.80. The van der Waals surface area contributed by atoms with Crippen molar-refractivity contribution in [2.45, 2.75) is 13.3 Å². The first-order valence-electron chi connectivity index (χ1n) is 8.45. The molecule has 1 heterocycles. The van der Waals surface area contributed by atoms with E-state index in [0.29, 0.717) is 22.0 Å². The molecule has 0 aromatic heterocycles. The molecule has 7 heteroatoms. The third-order valence-electron chi connectivity index (χ3n) is 4.54. The molecule has 3 rings (SSSR count). The summed E-state index contributed by atoms with van der Waals surface area (Å²) in [4.78, 5) is 37.9. The SMILES string of the molecule is COC(=O)c1ccc(N2CC(C(=O)Nc3ccc(C)c(Cl)c3)CC2=O)cc1. The molecular weight excluding hydrogens is 368 g/mol. The van der Waals surface area contributed by atoms with Crippen molar-refractivity contribution in [3.8, 4) is 0 Å². The highest BCUT2D eigenvalue weighted by Gasteiger charge is 2.35. The first-order chi connectivity index (χ1) is 12.9. The van der Waals surface area contributed by atoms with Crippen molar-refractivity contribution in [2.75, 3.05) is 23.9 Å². The molecule has 1 atom stereocenters. The summed E-state index contributed by atoms with van der Waals surface area (Å²) >= 11 is 6.08. The molecule has 0 spiro atoms. The van der Waals surface area contributed by atoms with Crippen LogP contribution >= 0.6 is 11.6 Å². The number of ether oxygens (including phenoxy) is 1. The summed E-state index contributed by atoms with van der Waals surface area (Å²) in [6, 6.07) is 11.8. The molecule has 6 nitrogen and oxygen atoms in total. The molecule has 1 aliphatic heterocycles. The maximum absolute atomic E-state index is 12.5. The molecule has 1 unspecified atom stereocenters. The summed E-state index contributed by atoms with van der Waals surface area (Å²) in [5, 5.41) is 3.38. The third-order valence-corrected chi connectivity index (χ3v) is 4.94. The Labute approximate surface area is 162 Å². The molecule has 0 saturated carbocycles. The molecule has 1 aliphatic rings. The molecule has 140 valence electrons. The van der Waals surface area contributed by atoms with Gasteiger partial charge in [0.25, 0.3) is 0 Å². The van der Waals surface area contributed by atoms with Gasteiger partial charge in [-0.1, -0.05) is 17.7 Å². The summed E-state index contributed by atoms with van der Waals surface area (Å²) in [6.45, 7) is 2.16. The van der Waals surface area contributed by atoms with E-state index in [1.165, 1.54) is 7.11 Å². The normalized spacial score (nSPS) is 16.3. The third kappa shape index (κ3) is 4.11. The fourth-order valence-electron chi connectivity index (χ4n) is 2.94. The van der Waals surface area contributed by atoms with Crippen LogP contribution in [0.1, 0.15) is 22.3 Å². The lowest BCUT2D eigenvalue weighted by atomic mass is 10.1. The molecule has 2 amide bonds. The van der Waals surface area contributed by atoms with Crippen molar-refractivity contribution in [1.29, 1.82) is 0 Å². The Kier molecular flexibility index (Phi) is 5.46. The number of rotatable bonds is 4. The quantitative estimate of drug-likeness (QED) is 0.817. The minimum atomic E-state index is -0.460. The number of aryl methyl sites for hydroxylation is 1. The number of carbonyl (C=O) groups is 3. The zero-order valence-corrected chi connectivity index (χ0v) is 15.7. The Morgan fingerprint density at radius 1 is 1.19 bits per heavy atom. The molecule has 27 heavy (non-hydrogen) atoms. The largest absolute Gasteiger partial charge is 0.465 e. The number of hydrogen-bond donors (Lipinski definition) is 1. The van der Waals surface area contributed by atoms with Crippen LogP contribution in [0.3, 0.4) is 0 Å². The van der Waals surface area contributed by atoms with Crippen molar-refractivity contribution in [3.63, 3.8) is 0 Å².